The fourth-order valence-corrected chi connectivity index (χ4v) is 2.86. The molecule has 1 N–H and O–H groups in total. The van der Waals surface area contributed by atoms with Crippen molar-refractivity contribution in [3.63, 3.8) is 0 Å². The van der Waals surface area contributed by atoms with Gasteiger partial charge in [-0.05, 0) is 24.3 Å². The highest BCUT2D eigenvalue weighted by atomic mass is 35.5. The van der Waals surface area contributed by atoms with Crippen molar-refractivity contribution in [2.45, 2.75) is 6.54 Å². The summed E-state index contributed by atoms with van der Waals surface area (Å²) >= 11 is 7.28. The summed E-state index contributed by atoms with van der Waals surface area (Å²) < 4.78 is 7.53. The van der Waals surface area contributed by atoms with Crippen LogP contribution in [0.2, 0.25) is 4.34 Å². The van der Waals surface area contributed by atoms with E-state index in [0.29, 0.717) is 22.3 Å². The maximum Gasteiger partial charge on any atom is 0.352 e. The maximum absolute atomic E-state index is 11.0. The van der Waals surface area contributed by atoms with Crippen LogP contribution in [0.5, 0.6) is 0 Å². The SMILES string of the molecule is O=C(O)c1cccn1Cc1cc(-c2ccc(Cl)s2)on1. The Bertz CT molecular complexity index is 759. The molecular formula is C13H9ClN2O3S. The van der Waals surface area contributed by atoms with Crippen molar-refractivity contribution in [1.29, 1.82) is 0 Å². The summed E-state index contributed by atoms with van der Waals surface area (Å²) in [5.74, 6) is -0.343. The molecule has 0 spiro atoms. The number of thiophene rings is 1. The third kappa shape index (κ3) is 2.48. The van der Waals surface area contributed by atoms with Crippen LogP contribution < -0.4 is 0 Å². The molecule has 3 rings (SSSR count). The maximum atomic E-state index is 11.0. The van der Waals surface area contributed by atoms with Crippen LogP contribution in [0.3, 0.4) is 0 Å². The molecule has 3 aromatic rings. The van der Waals surface area contributed by atoms with Crippen molar-refractivity contribution in [2.24, 2.45) is 0 Å². The average Bonchev–Trinajstić information content (AvgIpc) is 3.09. The Kier molecular flexibility index (Phi) is 3.33. The number of rotatable bonds is 4. The Balaban J connectivity index is 1.84. The van der Waals surface area contributed by atoms with E-state index in [1.165, 1.54) is 11.3 Å². The second-order valence-corrected chi connectivity index (χ2v) is 5.83. The van der Waals surface area contributed by atoms with E-state index in [0.717, 1.165) is 4.88 Å². The topological polar surface area (TPSA) is 68.3 Å². The number of aromatic carboxylic acids is 1. The summed E-state index contributed by atoms with van der Waals surface area (Å²) in [6.45, 7) is 0.344. The molecule has 0 aliphatic heterocycles. The Morgan fingerprint density at radius 3 is 3.00 bits per heavy atom. The number of aromatic nitrogens is 2. The second-order valence-electron chi connectivity index (χ2n) is 4.11. The molecular weight excluding hydrogens is 300 g/mol. The molecule has 20 heavy (non-hydrogen) atoms. The Labute approximate surface area is 123 Å². The zero-order valence-electron chi connectivity index (χ0n) is 10.1. The van der Waals surface area contributed by atoms with Crippen molar-refractivity contribution in [3.8, 4) is 10.6 Å². The first-order valence-corrected chi connectivity index (χ1v) is 6.92. The van der Waals surface area contributed by atoms with Gasteiger partial charge in [0.15, 0.2) is 5.76 Å². The molecule has 0 aromatic carbocycles. The van der Waals surface area contributed by atoms with E-state index >= 15 is 0 Å². The molecule has 0 aliphatic rings. The predicted molar refractivity (Wildman–Crippen MR) is 75.3 cm³/mol. The average molecular weight is 309 g/mol. The van der Waals surface area contributed by atoms with E-state index in [-0.39, 0.29) is 5.69 Å². The summed E-state index contributed by atoms with van der Waals surface area (Å²) in [5, 5.41) is 13.0. The van der Waals surface area contributed by atoms with Gasteiger partial charge < -0.3 is 14.2 Å². The van der Waals surface area contributed by atoms with Gasteiger partial charge in [-0.1, -0.05) is 16.8 Å². The van der Waals surface area contributed by atoms with Gasteiger partial charge in [-0.15, -0.1) is 11.3 Å². The van der Waals surface area contributed by atoms with Crippen LogP contribution in [0.1, 0.15) is 16.2 Å². The van der Waals surface area contributed by atoms with Gasteiger partial charge in [-0.3, -0.25) is 0 Å². The number of hydrogen-bond acceptors (Lipinski definition) is 4. The van der Waals surface area contributed by atoms with Crippen LogP contribution in [0, 0.1) is 0 Å². The number of carbonyl (C=O) groups is 1. The largest absolute Gasteiger partial charge is 0.477 e. The summed E-state index contributed by atoms with van der Waals surface area (Å²) in [7, 11) is 0. The summed E-state index contributed by atoms with van der Waals surface area (Å²) in [5.41, 5.74) is 0.872. The summed E-state index contributed by atoms with van der Waals surface area (Å²) in [4.78, 5) is 11.9. The lowest BCUT2D eigenvalue weighted by molar-refractivity contribution is 0.0685. The fourth-order valence-electron chi connectivity index (χ4n) is 1.87. The van der Waals surface area contributed by atoms with Gasteiger partial charge in [0.1, 0.15) is 11.4 Å². The lowest BCUT2D eigenvalue weighted by Gasteiger charge is -2.02. The molecule has 0 fully saturated rings. The molecule has 3 heterocycles. The van der Waals surface area contributed by atoms with Crippen LogP contribution in [-0.2, 0) is 6.54 Å². The summed E-state index contributed by atoms with van der Waals surface area (Å²) in [6, 6.07) is 8.66. The van der Waals surface area contributed by atoms with Gasteiger partial charge in [0.05, 0.1) is 15.8 Å². The van der Waals surface area contributed by atoms with Crippen molar-refractivity contribution in [3.05, 3.63) is 52.3 Å². The van der Waals surface area contributed by atoms with Gasteiger partial charge >= 0.3 is 5.97 Å². The lowest BCUT2D eigenvalue weighted by atomic mass is 10.3. The van der Waals surface area contributed by atoms with E-state index in [9.17, 15) is 4.79 Å². The highest BCUT2D eigenvalue weighted by Crippen LogP contribution is 2.31. The molecule has 0 saturated heterocycles. The number of hydrogen-bond donors (Lipinski definition) is 1. The van der Waals surface area contributed by atoms with Crippen molar-refractivity contribution in [2.75, 3.05) is 0 Å². The molecule has 3 aromatic heterocycles. The van der Waals surface area contributed by atoms with Crippen molar-refractivity contribution >= 4 is 28.9 Å². The quantitative estimate of drug-likeness (QED) is 0.799. The van der Waals surface area contributed by atoms with E-state index in [1.54, 1.807) is 35.0 Å². The predicted octanol–water partition coefficient (Wildman–Crippen LogP) is 3.60. The fraction of sp³-hybridized carbons (Fsp3) is 0.0769. The minimum Gasteiger partial charge on any atom is -0.477 e. The minimum absolute atomic E-state index is 0.216. The molecule has 0 aliphatic carbocycles. The third-order valence-electron chi connectivity index (χ3n) is 2.76. The van der Waals surface area contributed by atoms with E-state index < -0.39 is 5.97 Å². The van der Waals surface area contributed by atoms with E-state index in [2.05, 4.69) is 5.16 Å². The van der Waals surface area contributed by atoms with Crippen molar-refractivity contribution in [1.82, 2.24) is 9.72 Å². The molecule has 0 saturated carbocycles. The van der Waals surface area contributed by atoms with Crippen LogP contribution in [0.15, 0.2) is 41.1 Å². The monoisotopic (exact) mass is 308 g/mol. The second kappa shape index (κ2) is 5.15. The first-order chi connectivity index (χ1) is 9.63. The van der Waals surface area contributed by atoms with Crippen molar-refractivity contribution < 1.29 is 14.4 Å². The molecule has 7 heteroatoms. The molecule has 5 nitrogen and oxygen atoms in total. The lowest BCUT2D eigenvalue weighted by Crippen LogP contribution is -2.08. The van der Waals surface area contributed by atoms with Gasteiger partial charge in [-0.2, -0.15) is 0 Å². The van der Waals surface area contributed by atoms with Gasteiger partial charge in [-0.25, -0.2) is 4.79 Å². The van der Waals surface area contributed by atoms with E-state index in [4.69, 9.17) is 21.2 Å². The molecule has 0 amide bonds. The van der Waals surface area contributed by atoms with Gasteiger partial charge in [0.25, 0.3) is 0 Å². The zero-order chi connectivity index (χ0) is 14.1. The number of nitrogens with zero attached hydrogens (tertiary/aromatic N) is 2. The van der Waals surface area contributed by atoms with Crippen LogP contribution in [0.4, 0.5) is 0 Å². The molecule has 102 valence electrons. The zero-order valence-corrected chi connectivity index (χ0v) is 11.7. The van der Waals surface area contributed by atoms with Crippen LogP contribution in [-0.4, -0.2) is 20.8 Å². The Morgan fingerprint density at radius 1 is 1.45 bits per heavy atom. The highest BCUT2D eigenvalue weighted by Gasteiger charge is 2.13. The standard InChI is InChI=1S/C13H9ClN2O3S/c14-12-4-3-11(20-12)10-6-8(15-19-10)7-16-5-1-2-9(16)13(17)18/h1-6H,7H2,(H,17,18). The van der Waals surface area contributed by atoms with Gasteiger partial charge in [0.2, 0.25) is 0 Å². The smallest absolute Gasteiger partial charge is 0.352 e. The van der Waals surface area contributed by atoms with Crippen LogP contribution >= 0.6 is 22.9 Å². The Morgan fingerprint density at radius 2 is 2.30 bits per heavy atom. The van der Waals surface area contributed by atoms with Crippen LogP contribution in [0.25, 0.3) is 10.6 Å². The Hall–Kier alpha value is -2.05. The number of halogens is 1. The normalized spacial score (nSPS) is 10.8. The van der Waals surface area contributed by atoms with Gasteiger partial charge in [0, 0.05) is 12.3 Å². The number of carboxylic acid groups (broad SMARTS) is 1. The molecule has 0 bridgehead atoms. The molecule has 0 unspecified atom stereocenters. The minimum atomic E-state index is -0.969. The van der Waals surface area contributed by atoms with E-state index in [1.807, 2.05) is 6.07 Å². The first kappa shape index (κ1) is 13.0. The molecule has 0 radical (unpaired) electrons. The highest BCUT2D eigenvalue weighted by molar-refractivity contribution is 7.19. The molecule has 0 atom stereocenters. The third-order valence-corrected chi connectivity index (χ3v) is 4.00. The number of carboxylic acids is 1. The summed E-state index contributed by atoms with van der Waals surface area (Å²) in [6.07, 6.45) is 1.69. The first-order valence-electron chi connectivity index (χ1n) is 5.73.